The molecule has 0 saturated carbocycles. The summed E-state index contributed by atoms with van der Waals surface area (Å²) in [4.78, 5) is 18.0. The Kier molecular flexibility index (Phi) is 5.23. The second-order valence-corrected chi connectivity index (χ2v) is 6.71. The Balaban J connectivity index is 1.48. The van der Waals surface area contributed by atoms with Gasteiger partial charge in [-0.15, -0.1) is 11.8 Å². The Hall–Kier alpha value is -1.24. The highest BCUT2D eigenvalue weighted by molar-refractivity contribution is 7.98. The molecule has 1 unspecified atom stereocenters. The van der Waals surface area contributed by atoms with Gasteiger partial charge in [0, 0.05) is 49.3 Å². The average molecular weight is 320 g/mol. The normalized spacial score (nSPS) is 22.8. The van der Waals surface area contributed by atoms with Crippen molar-refractivity contribution in [1.29, 1.82) is 0 Å². The maximum absolute atomic E-state index is 12.3. The van der Waals surface area contributed by atoms with Crippen molar-refractivity contribution in [2.45, 2.75) is 17.4 Å². The van der Waals surface area contributed by atoms with E-state index >= 15 is 0 Å². The first-order chi connectivity index (χ1) is 10.8. The van der Waals surface area contributed by atoms with Gasteiger partial charge in [-0.1, -0.05) is 0 Å². The van der Waals surface area contributed by atoms with Crippen LogP contribution >= 0.6 is 11.8 Å². The van der Waals surface area contributed by atoms with Crippen molar-refractivity contribution < 1.29 is 4.79 Å². The number of urea groups is 1. The molecule has 2 amide bonds. The van der Waals surface area contributed by atoms with E-state index in [1.165, 1.54) is 11.3 Å². The van der Waals surface area contributed by atoms with Gasteiger partial charge in [0.15, 0.2) is 0 Å². The van der Waals surface area contributed by atoms with Gasteiger partial charge in [-0.3, -0.25) is 4.90 Å². The van der Waals surface area contributed by atoms with Crippen LogP contribution in [-0.2, 0) is 0 Å². The van der Waals surface area contributed by atoms with Crippen LogP contribution in [0.1, 0.15) is 6.42 Å². The lowest BCUT2D eigenvalue weighted by atomic mass is 10.2. The third-order valence-electron chi connectivity index (χ3n) is 4.49. The molecule has 3 rings (SSSR count). The third-order valence-corrected chi connectivity index (χ3v) is 5.24. The van der Waals surface area contributed by atoms with E-state index in [4.69, 9.17) is 0 Å². The van der Waals surface area contributed by atoms with Gasteiger partial charge in [0.1, 0.15) is 0 Å². The fourth-order valence-electron chi connectivity index (χ4n) is 3.12. The van der Waals surface area contributed by atoms with E-state index < -0.39 is 0 Å². The number of hydrogen-bond donors (Lipinski definition) is 2. The van der Waals surface area contributed by atoms with Crippen molar-refractivity contribution in [2.75, 3.05) is 50.8 Å². The van der Waals surface area contributed by atoms with Crippen molar-refractivity contribution >= 4 is 23.5 Å². The molecule has 1 aromatic carbocycles. The molecule has 2 aliphatic rings. The number of thioether (sulfide) groups is 1. The number of nitrogens with one attached hydrogen (secondary N) is 2. The second-order valence-electron chi connectivity index (χ2n) is 5.83. The van der Waals surface area contributed by atoms with Crippen LogP contribution in [0.2, 0.25) is 0 Å². The first-order valence-corrected chi connectivity index (χ1v) is 9.13. The minimum Gasteiger partial charge on any atom is -0.322 e. The summed E-state index contributed by atoms with van der Waals surface area (Å²) >= 11 is 1.70. The predicted octanol–water partition coefficient (Wildman–Crippen LogP) is 1.92. The Morgan fingerprint density at radius 3 is 2.55 bits per heavy atom. The number of rotatable bonds is 3. The lowest BCUT2D eigenvalue weighted by molar-refractivity contribution is 0.119. The summed E-state index contributed by atoms with van der Waals surface area (Å²) < 4.78 is 0. The molecule has 2 N–H and O–H groups in total. The lowest BCUT2D eigenvalue weighted by Gasteiger charge is -2.37. The molecule has 2 aliphatic heterocycles. The standard InChI is InChI=1S/C16H24N4OS/c1-22-15-4-2-13(3-5-15)18-16(21)20-10-8-19(9-11-20)14-6-7-17-12-14/h2-5,14,17H,6-12H2,1H3,(H,18,21). The maximum atomic E-state index is 12.3. The summed E-state index contributed by atoms with van der Waals surface area (Å²) in [7, 11) is 0. The summed E-state index contributed by atoms with van der Waals surface area (Å²) in [6, 6.07) is 8.66. The fourth-order valence-corrected chi connectivity index (χ4v) is 3.53. The summed E-state index contributed by atoms with van der Waals surface area (Å²) in [6.45, 7) is 5.79. The first-order valence-electron chi connectivity index (χ1n) is 7.91. The maximum Gasteiger partial charge on any atom is 0.321 e. The van der Waals surface area contributed by atoms with Crippen LogP contribution < -0.4 is 10.6 Å². The number of carbonyl (C=O) groups is 1. The van der Waals surface area contributed by atoms with Gasteiger partial charge in [0.25, 0.3) is 0 Å². The van der Waals surface area contributed by atoms with Crippen molar-refractivity contribution in [2.24, 2.45) is 0 Å². The van der Waals surface area contributed by atoms with E-state index in [1.807, 2.05) is 35.4 Å². The predicted molar refractivity (Wildman–Crippen MR) is 91.7 cm³/mol. The van der Waals surface area contributed by atoms with Gasteiger partial charge in [-0.05, 0) is 43.5 Å². The van der Waals surface area contributed by atoms with Crippen molar-refractivity contribution in [3.05, 3.63) is 24.3 Å². The van der Waals surface area contributed by atoms with E-state index in [9.17, 15) is 4.79 Å². The Labute approximate surface area is 136 Å². The quantitative estimate of drug-likeness (QED) is 0.836. The number of piperazine rings is 1. The molecule has 2 fully saturated rings. The van der Waals surface area contributed by atoms with E-state index in [1.54, 1.807) is 11.8 Å². The molecule has 120 valence electrons. The molecular weight excluding hydrogens is 296 g/mol. The number of amides is 2. The molecule has 1 atom stereocenters. The monoisotopic (exact) mass is 320 g/mol. The van der Waals surface area contributed by atoms with Gasteiger partial charge in [0.2, 0.25) is 0 Å². The van der Waals surface area contributed by atoms with Gasteiger partial charge < -0.3 is 15.5 Å². The first kappa shape index (κ1) is 15.6. The molecule has 0 radical (unpaired) electrons. The van der Waals surface area contributed by atoms with E-state index in [0.717, 1.165) is 45.0 Å². The number of carbonyl (C=O) groups excluding carboxylic acids is 1. The Morgan fingerprint density at radius 2 is 1.95 bits per heavy atom. The van der Waals surface area contributed by atoms with Crippen molar-refractivity contribution in [3.8, 4) is 0 Å². The largest absolute Gasteiger partial charge is 0.322 e. The number of benzene rings is 1. The van der Waals surface area contributed by atoms with Crippen LogP contribution in [0.25, 0.3) is 0 Å². The lowest BCUT2D eigenvalue weighted by Crippen LogP contribution is -2.53. The van der Waals surface area contributed by atoms with E-state index in [2.05, 4.69) is 15.5 Å². The molecule has 0 spiro atoms. The van der Waals surface area contributed by atoms with Gasteiger partial charge in [-0.2, -0.15) is 0 Å². The summed E-state index contributed by atoms with van der Waals surface area (Å²) in [5.41, 5.74) is 0.866. The van der Waals surface area contributed by atoms with Gasteiger partial charge >= 0.3 is 6.03 Å². The van der Waals surface area contributed by atoms with E-state index in [0.29, 0.717) is 6.04 Å². The van der Waals surface area contributed by atoms with Crippen molar-refractivity contribution in [3.63, 3.8) is 0 Å². The molecule has 2 saturated heterocycles. The second kappa shape index (κ2) is 7.35. The SMILES string of the molecule is CSc1ccc(NC(=O)N2CCN(C3CCNC3)CC2)cc1. The Morgan fingerprint density at radius 1 is 1.23 bits per heavy atom. The molecule has 0 bridgehead atoms. The molecule has 2 heterocycles. The zero-order chi connectivity index (χ0) is 15.4. The highest BCUT2D eigenvalue weighted by Crippen LogP contribution is 2.18. The molecule has 1 aromatic rings. The van der Waals surface area contributed by atoms with Crippen LogP contribution in [0, 0.1) is 0 Å². The zero-order valence-corrected chi connectivity index (χ0v) is 13.9. The molecule has 5 nitrogen and oxygen atoms in total. The molecule has 0 aliphatic carbocycles. The smallest absolute Gasteiger partial charge is 0.321 e. The third kappa shape index (κ3) is 3.74. The fraction of sp³-hybridized carbons (Fsp3) is 0.562. The van der Waals surface area contributed by atoms with Crippen molar-refractivity contribution in [1.82, 2.24) is 15.1 Å². The summed E-state index contributed by atoms with van der Waals surface area (Å²) in [5.74, 6) is 0. The molecule has 0 aromatic heterocycles. The minimum absolute atomic E-state index is 0.0149. The van der Waals surface area contributed by atoms with Crippen LogP contribution in [0.15, 0.2) is 29.2 Å². The highest BCUT2D eigenvalue weighted by atomic mass is 32.2. The summed E-state index contributed by atoms with van der Waals surface area (Å²) in [5, 5.41) is 6.40. The Bertz CT molecular complexity index is 493. The number of nitrogens with zero attached hydrogens (tertiary/aromatic N) is 2. The van der Waals surface area contributed by atoms with Gasteiger partial charge in [-0.25, -0.2) is 4.79 Å². The highest BCUT2D eigenvalue weighted by Gasteiger charge is 2.27. The number of hydrogen-bond acceptors (Lipinski definition) is 4. The van der Waals surface area contributed by atoms with Crippen LogP contribution in [0.4, 0.5) is 10.5 Å². The number of anilines is 1. The van der Waals surface area contributed by atoms with Crippen LogP contribution in [0.5, 0.6) is 0 Å². The topological polar surface area (TPSA) is 47.6 Å². The molecule has 22 heavy (non-hydrogen) atoms. The summed E-state index contributed by atoms with van der Waals surface area (Å²) in [6.07, 6.45) is 3.28. The van der Waals surface area contributed by atoms with E-state index in [-0.39, 0.29) is 6.03 Å². The van der Waals surface area contributed by atoms with Crippen LogP contribution in [0.3, 0.4) is 0 Å². The molecule has 6 heteroatoms. The van der Waals surface area contributed by atoms with Crippen LogP contribution in [-0.4, -0.2) is 67.4 Å². The average Bonchev–Trinajstić information content (AvgIpc) is 3.10. The molecular formula is C16H24N4OS. The zero-order valence-electron chi connectivity index (χ0n) is 13.0. The van der Waals surface area contributed by atoms with Gasteiger partial charge in [0.05, 0.1) is 0 Å². The minimum atomic E-state index is 0.0149.